The van der Waals surface area contributed by atoms with E-state index in [-0.39, 0.29) is 6.29 Å². The fourth-order valence-corrected chi connectivity index (χ4v) is 2.44. The van der Waals surface area contributed by atoms with Gasteiger partial charge in [-0.15, -0.1) is 0 Å². The highest BCUT2D eigenvalue weighted by Gasteiger charge is 2.19. The second-order valence-electron chi connectivity index (χ2n) is 4.01. The van der Waals surface area contributed by atoms with Crippen LogP contribution in [0, 0.1) is 0 Å². The highest BCUT2D eigenvalue weighted by molar-refractivity contribution is 6.39. The van der Waals surface area contributed by atoms with E-state index < -0.39 is 0 Å². The second kappa shape index (κ2) is 4.59. The lowest BCUT2D eigenvalue weighted by Gasteiger charge is -2.17. The normalized spacial score (nSPS) is 13.7. The van der Waals surface area contributed by atoms with Crippen LogP contribution < -0.4 is 16.0 Å². The zero-order valence-corrected chi connectivity index (χ0v) is 10.9. The Hall–Kier alpha value is -1.58. The van der Waals surface area contributed by atoms with Crippen molar-refractivity contribution in [2.75, 3.05) is 16.0 Å². The molecular formula is C13H11Cl2N3. The molecule has 1 aliphatic heterocycles. The van der Waals surface area contributed by atoms with E-state index in [9.17, 15) is 0 Å². The second-order valence-corrected chi connectivity index (χ2v) is 4.82. The molecule has 0 atom stereocenters. The largest absolute Gasteiger partial charge is 0.347 e. The Balaban J connectivity index is 1.80. The number of rotatable bonds is 2. The molecule has 0 amide bonds. The van der Waals surface area contributed by atoms with Gasteiger partial charge in [0.05, 0.1) is 27.1 Å². The van der Waals surface area contributed by atoms with E-state index in [0.29, 0.717) is 10.0 Å². The summed E-state index contributed by atoms with van der Waals surface area (Å²) in [6.07, 6.45) is -0.125. The highest BCUT2D eigenvalue weighted by atomic mass is 35.5. The van der Waals surface area contributed by atoms with Crippen LogP contribution in [0.4, 0.5) is 17.1 Å². The first kappa shape index (κ1) is 11.5. The Labute approximate surface area is 115 Å². The molecule has 1 aliphatic rings. The average Bonchev–Trinajstić information content (AvgIpc) is 2.76. The van der Waals surface area contributed by atoms with Gasteiger partial charge in [0.2, 0.25) is 0 Å². The molecule has 0 saturated heterocycles. The molecule has 18 heavy (non-hydrogen) atoms. The van der Waals surface area contributed by atoms with E-state index in [1.54, 1.807) is 12.1 Å². The van der Waals surface area contributed by atoms with Crippen LogP contribution in [0.25, 0.3) is 0 Å². The van der Waals surface area contributed by atoms with Gasteiger partial charge >= 0.3 is 0 Å². The minimum Gasteiger partial charge on any atom is -0.347 e. The van der Waals surface area contributed by atoms with Crippen LogP contribution in [0.2, 0.25) is 10.0 Å². The lowest BCUT2D eigenvalue weighted by atomic mass is 10.3. The van der Waals surface area contributed by atoms with Gasteiger partial charge in [0.1, 0.15) is 0 Å². The molecule has 0 fully saturated rings. The maximum absolute atomic E-state index is 6.12. The third-order valence-corrected chi connectivity index (χ3v) is 3.41. The van der Waals surface area contributed by atoms with Gasteiger partial charge in [0.25, 0.3) is 0 Å². The molecule has 92 valence electrons. The van der Waals surface area contributed by atoms with Crippen LogP contribution in [0.3, 0.4) is 0 Å². The lowest BCUT2D eigenvalue weighted by molar-refractivity contribution is 0.972. The Kier molecular flexibility index (Phi) is 2.94. The fraction of sp³-hybridized carbons (Fsp3) is 0.0769. The maximum Gasteiger partial charge on any atom is 0.174 e. The molecule has 3 nitrogen and oxygen atoms in total. The fourth-order valence-electron chi connectivity index (χ4n) is 1.93. The summed E-state index contributed by atoms with van der Waals surface area (Å²) < 4.78 is 0. The van der Waals surface area contributed by atoms with Gasteiger partial charge in [-0.1, -0.05) is 41.4 Å². The van der Waals surface area contributed by atoms with Gasteiger partial charge in [-0.25, -0.2) is 0 Å². The molecule has 0 aromatic heterocycles. The molecular weight excluding hydrogens is 269 g/mol. The number of hydrogen-bond donors (Lipinski definition) is 3. The average molecular weight is 280 g/mol. The third-order valence-electron chi connectivity index (χ3n) is 2.78. The number of para-hydroxylation sites is 3. The lowest BCUT2D eigenvalue weighted by Crippen LogP contribution is -2.31. The summed E-state index contributed by atoms with van der Waals surface area (Å²) in [6, 6.07) is 13.4. The van der Waals surface area contributed by atoms with Gasteiger partial charge in [0, 0.05) is 0 Å². The van der Waals surface area contributed by atoms with Crippen molar-refractivity contribution in [2.24, 2.45) is 0 Å². The van der Waals surface area contributed by atoms with Crippen LogP contribution in [-0.4, -0.2) is 6.29 Å². The van der Waals surface area contributed by atoms with Gasteiger partial charge in [-0.3, -0.25) is 0 Å². The topological polar surface area (TPSA) is 36.1 Å². The minimum atomic E-state index is -0.125. The molecule has 0 unspecified atom stereocenters. The monoisotopic (exact) mass is 279 g/mol. The molecule has 3 rings (SSSR count). The quantitative estimate of drug-likeness (QED) is 0.770. The van der Waals surface area contributed by atoms with Crippen LogP contribution in [0.5, 0.6) is 0 Å². The molecule has 5 heteroatoms. The molecule has 2 aromatic carbocycles. The van der Waals surface area contributed by atoms with Gasteiger partial charge in [-0.05, 0) is 24.3 Å². The van der Waals surface area contributed by atoms with Crippen molar-refractivity contribution in [1.29, 1.82) is 0 Å². The van der Waals surface area contributed by atoms with Crippen molar-refractivity contribution in [2.45, 2.75) is 6.29 Å². The first-order valence-corrected chi connectivity index (χ1v) is 6.32. The Bertz CT molecular complexity index is 541. The molecule has 0 aliphatic carbocycles. The number of benzene rings is 2. The number of fused-ring (bicyclic) bond motifs is 1. The number of hydrogen-bond acceptors (Lipinski definition) is 3. The van der Waals surface area contributed by atoms with Crippen molar-refractivity contribution < 1.29 is 0 Å². The molecule has 0 bridgehead atoms. The van der Waals surface area contributed by atoms with E-state index in [1.165, 1.54) is 0 Å². The maximum atomic E-state index is 6.12. The van der Waals surface area contributed by atoms with Crippen LogP contribution in [0.1, 0.15) is 0 Å². The Morgan fingerprint density at radius 3 is 1.94 bits per heavy atom. The zero-order valence-electron chi connectivity index (χ0n) is 9.37. The molecule has 3 N–H and O–H groups in total. The highest BCUT2D eigenvalue weighted by Crippen LogP contribution is 2.33. The summed E-state index contributed by atoms with van der Waals surface area (Å²) in [7, 11) is 0. The summed E-state index contributed by atoms with van der Waals surface area (Å²) in [4.78, 5) is 0. The molecule has 2 aromatic rings. The van der Waals surface area contributed by atoms with Gasteiger partial charge in [-0.2, -0.15) is 0 Å². The summed E-state index contributed by atoms with van der Waals surface area (Å²) in [5.74, 6) is 0. The molecule has 0 radical (unpaired) electrons. The first-order valence-electron chi connectivity index (χ1n) is 5.57. The van der Waals surface area contributed by atoms with Crippen molar-refractivity contribution in [3.05, 3.63) is 52.5 Å². The Morgan fingerprint density at radius 2 is 1.39 bits per heavy atom. The minimum absolute atomic E-state index is 0.125. The predicted octanol–water partition coefficient (Wildman–Crippen LogP) is 4.23. The van der Waals surface area contributed by atoms with Crippen molar-refractivity contribution in [3.8, 4) is 0 Å². The standard InChI is InChI=1S/C13H11Cl2N3/c14-8-4-3-5-9(15)12(8)18-13-16-10-6-1-2-7-11(10)17-13/h1-7,13,16-18H. The molecule has 0 saturated carbocycles. The van der Waals surface area contributed by atoms with E-state index in [2.05, 4.69) is 16.0 Å². The van der Waals surface area contributed by atoms with E-state index in [4.69, 9.17) is 23.2 Å². The number of anilines is 3. The van der Waals surface area contributed by atoms with Crippen LogP contribution in [-0.2, 0) is 0 Å². The summed E-state index contributed by atoms with van der Waals surface area (Å²) in [5.41, 5.74) is 2.83. The SMILES string of the molecule is Clc1cccc(Cl)c1NC1Nc2ccccc2N1. The van der Waals surface area contributed by atoms with Gasteiger partial charge in [0.15, 0.2) is 6.29 Å². The predicted molar refractivity (Wildman–Crippen MR) is 77.6 cm³/mol. The van der Waals surface area contributed by atoms with E-state index >= 15 is 0 Å². The van der Waals surface area contributed by atoms with Crippen molar-refractivity contribution in [3.63, 3.8) is 0 Å². The summed E-state index contributed by atoms with van der Waals surface area (Å²) in [5, 5.41) is 11.0. The number of halogens is 2. The molecule has 1 heterocycles. The summed E-state index contributed by atoms with van der Waals surface area (Å²) in [6.45, 7) is 0. The van der Waals surface area contributed by atoms with E-state index in [0.717, 1.165) is 17.1 Å². The van der Waals surface area contributed by atoms with Gasteiger partial charge < -0.3 is 16.0 Å². The van der Waals surface area contributed by atoms with E-state index in [1.807, 2.05) is 30.3 Å². The van der Waals surface area contributed by atoms with Crippen LogP contribution >= 0.6 is 23.2 Å². The first-order chi connectivity index (χ1) is 8.74. The van der Waals surface area contributed by atoms with Crippen molar-refractivity contribution in [1.82, 2.24) is 0 Å². The third kappa shape index (κ3) is 2.07. The Morgan fingerprint density at radius 1 is 0.833 bits per heavy atom. The molecule has 0 spiro atoms. The summed E-state index contributed by atoms with van der Waals surface area (Å²) >= 11 is 12.2. The van der Waals surface area contributed by atoms with Crippen molar-refractivity contribution >= 4 is 40.3 Å². The van der Waals surface area contributed by atoms with Crippen LogP contribution in [0.15, 0.2) is 42.5 Å². The zero-order chi connectivity index (χ0) is 12.5. The smallest absolute Gasteiger partial charge is 0.174 e. The number of nitrogens with one attached hydrogen (secondary N) is 3.